The number of aromatic carboxylic acids is 1. The van der Waals surface area contributed by atoms with E-state index < -0.39 is 5.97 Å². The standard InChI is InChI=1S/C27H24N4O3S/c1-17-13-21(30-12-10-28-16-30)7-8-22(17)23-14-25-24(15-26(35-25)27(33)34)31(23)11-9-19-3-5-20(6-4-19)29-18(2)32/h3-8,10,12-16H,9,11H2,1-2H3,(H,29,32)(H,33,34). The van der Waals surface area contributed by atoms with Crippen molar-refractivity contribution in [3.63, 3.8) is 0 Å². The maximum absolute atomic E-state index is 11.6. The van der Waals surface area contributed by atoms with Gasteiger partial charge in [0, 0.05) is 42.8 Å². The highest BCUT2D eigenvalue weighted by Crippen LogP contribution is 2.36. The summed E-state index contributed by atoms with van der Waals surface area (Å²) < 4.78 is 5.13. The molecule has 0 saturated carbocycles. The van der Waals surface area contributed by atoms with Gasteiger partial charge in [-0.05, 0) is 60.9 Å². The van der Waals surface area contributed by atoms with Crippen LogP contribution in [0.15, 0.2) is 73.3 Å². The molecule has 2 N–H and O–H groups in total. The summed E-state index contributed by atoms with van der Waals surface area (Å²) in [6.07, 6.45) is 6.21. The number of carbonyl (C=O) groups excluding carboxylic acids is 1. The van der Waals surface area contributed by atoms with E-state index in [9.17, 15) is 14.7 Å². The summed E-state index contributed by atoms with van der Waals surface area (Å²) in [5.41, 5.74) is 7.16. The number of amides is 1. The third kappa shape index (κ3) is 4.61. The van der Waals surface area contributed by atoms with Crippen LogP contribution in [0.4, 0.5) is 5.69 Å². The molecule has 0 radical (unpaired) electrons. The molecule has 0 aliphatic heterocycles. The molecule has 2 aromatic carbocycles. The molecular weight excluding hydrogens is 460 g/mol. The monoisotopic (exact) mass is 484 g/mol. The highest BCUT2D eigenvalue weighted by molar-refractivity contribution is 7.20. The van der Waals surface area contributed by atoms with Crippen LogP contribution in [0.5, 0.6) is 0 Å². The fourth-order valence-electron chi connectivity index (χ4n) is 4.32. The molecule has 7 nitrogen and oxygen atoms in total. The molecule has 0 spiro atoms. The van der Waals surface area contributed by atoms with Gasteiger partial charge in [0.25, 0.3) is 0 Å². The predicted octanol–water partition coefficient (Wildman–Crippen LogP) is 5.76. The quantitative estimate of drug-likeness (QED) is 0.307. The van der Waals surface area contributed by atoms with Gasteiger partial charge in [0.05, 0.1) is 22.2 Å². The van der Waals surface area contributed by atoms with Crippen molar-refractivity contribution in [1.29, 1.82) is 0 Å². The van der Waals surface area contributed by atoms with Gasteiger partial charge in [0.1, 0.15) is 4.88 Å². The minimum atomic E-state index is -0.909. The number of carboxylic acids is 1. The van der Waals surface area contributed by atoms with Crippen molar-refractivity contribution in [3.8, 4) is 16.9 Å². The maximum atomic E-state index is 11.6. The van der Waals surface area contributed by atoms with Gasteiger partial charge in [-0.1, -0.05) is 18.2 Å². The normalized spacial score (nSPS) is 11.1. The number of anilines is 1. The van der Waals surface area contributed by atoms with Gasteiger partial charge in [-0.3, -0.25) is 4.79 Å². The average Bonchev–Trinajstić information content (AvgIpc) is 3.55. The fourth-order valence-corrected chi connectivity index (χ4v) is 5.26. The summed E-state index contributed by atoms with van der Waals surface area (Å²) in [6, 6.07) is 18.0. The summed E-state index contributed by atoms with van der Waals surface area (Å²) in [5.74, 6) is -1.01. The van der Waals surface area contributed by atoms with Crippen LogP contribution in [-0.4, -0.2) is 31.1 Å². The van der Waals surface area contributed by atoms with Crippen LogP contribution < -0.4 is 5.32 Å². The van der Waals surface area contributed by atoms with E-state index in [2.05, 4.69) is 46.1 Å². The molecular formula is C27H24N4O3S. The first kappa shape index (κ1) is 22.6. The van der Waals surface area contributed by atoms with Crippen LogP contribution in [0.3, 0.4) is 0 Å². The van der Waals surface area contributed by atoms with E-state index in [-0.39, 0.29) is 5.91 Å². The van der Waals surface area contributed by atoms with Crippen molar-refractivity contribution in [2.45, 2.75) is 26.8 Å². The van der Waals surface area contributed by atoms with Gasteiger partial charge in [0.2, 0.25) is 5.91 Å². The molecule has 5 aromatic rings. The Labute approximate surface area is 206 Å². The lowest BCUT2D eigenvalue weighted by atomic mass is 10.0. The molecule has 0 bridgehead atoms. The van der Waals surface area contributed by atoms with Crippen LogP contribution in [0.2, 0.25) is 0 Å². The molecule has 0 fully saturated rings. The average molecular weight is 485 g/mol. The Hall–Kier alpha value is -4.17. The Morgan fingerprint density at radius 2 is 1.89 bits per heavy atom. The van der Waals surface area contributed by atoms with Crippen LogP contribution in [0.1, 0.15) is 27.7 Å². The molecule has 176 valence electrons. The largest absolute Gasteiger partial charge is 0.477 e. The lowest BCUT2D eigenvalue weighted by Crippen LogP contribution is -2.06. The molecule has 0 unspecified atom stereocenters. The zero-order valence-electron chi connectivity index (χ0n) is 19.4. The van der Waals surface area contributed by atoms with Crippen molar-refractivity contribution in [3.05, 3.63) is 89.3 Å². The number of hydrogen-bond donors (Lipinski definition) is 2. The van der Waals surface area contributed by atoms with Gasteiger partial charge in [-0.2, -0.15) is 0 Å². The number of aryl methyl sites for hydroxylation is 3. The topological polar surface area (TPSA) is 89.2 Å². The first-order valence-corrected chi connectivity index (χ1v) is 12.0. The molecule has 0 saturated heterocycles. The first-order chi connectivity index (χ1) is 16.9. The number of rotatable bonds is 7. The number of carbonyl (C=O) groups is 2. The van der Waals surface area contributed by atoms with Crippen LogP contribution in [0.25, 0.3) is 27.2 Å². The van der Waals surface area contributed by atoms with Crippen LogP contribution in [-0.2, 0) is 17.8 Å². The molecule has 3 aromatic heterocycles. The van der Waals surface area contributed by atoms with Crippen LogP contribution in [0, 0.1) is 6.92 Å². The summed E-state index contributed by atoms with van der Waals surface area (Å²) in [7, 11) is 0. The third-order valence-electron chi connectivity index (χ3n) is 5.99. The number of hydrogen-bond acceptors (Lipinski definition) is 4. The SMILES string of the molecule is CC(=O)Nc1ccc(CCn2c(-c3ccc(-n4ccnc4)cc3C)cc3sc(C(=O)O)cc32)cc1. The number of benzene rings is 2. The second-order valence-corrected chi connectivity index (χ2v) is 9.53. The van der Waals surface area contributed by atoms with E-state index in [0.717, 1.165) is 50.4 Å². The maximum Gasteiger partial charge on any atom is 0.345 e. The highest BCUT2D eigenvalue weighted by atomic mass is 32.1. The Balaban J connectivity index is 1.50. The van der Waals surface area contributed by atoms with Gasteiger partial charge in [-0.15, -0.1) is 11.3 Å². The van der Waals surface area contributed by atoms with Crippen molar-refractivity contribution in [2.75, 3.05) is 5.32 Å². The lowest BCUT2D eigenvalue weighted by molar-refractivity contribution is -0.114. The number of fused-ring (bicyclic) bond motifs is 1. The smallest absolute Gasteiger partial charge is 0.345 e. The first-order valence-electron chi connectivity index (χ1n) is 11.2. The Morgan fingerprint density at radius 1 is 1.09 bits per heavy atom. The van der Waals surface area contributed by atoms with Crippen LogP contribution >= 0.6 is 11.3 Å². The van der Waals surface area contributed by atoms with Gasteiger partial charge >= 0.3 is 5.97 Å². The predicted molar refractivity (Wildman–Crippen MR) is 139 cm³/mol. The minimum absolute atomic E-state index is 0.0988. The van der Waals surface area contributed by atoms with Crippen molar-refractivity contribution < 1.29 is 14.7 Å². The third-order valence-corrected chi connectivity index (χ3v) is 7.05. The van der Waals surface area contributed by atoms with E-state index in [1.54, 1.807) is 18.6 Å². The van der Waals surface area contributed by atoms with E-state index >= 15 is 0 Å². The Morgan fingerprint density at radius 3 is 2.54 bits per heavy atom. The summed E-state index contributed by atoms with van der Waals surface area (Å²) >= 11 is 1.30. The van der Waals surface area contributed by atoms with E-state index in [1.165, 1.54) is 18.3 Å². The summed E-state index contributed by atoms with van der Waals surface area (Å²) in [5, 5.41) is 12.3. The molecule has 0 aliphatic rings. The van der Waals surface area contributed by atoms with Gasteiger partial charge in [-0.25, -0.2) is 9.78 Å². The van der Waals surface area contributed by atoms with E-state index in [4.69, 9.17) is 0 Å². The molecule has 0 atom stereocenters. The van der Waals surface area contributed by atoms with Gasteiger partial charge < -0.3 is 19.6 Å². The number of carboxylic acid groups (broad SMARTS) is 1. The van der Waals surface area contributed by atoms with Crippen molar-refractivity contribution in [1.82, 2.24) is 14.1 Å². The molecule has 3 heterocycles. The van der Waals surface area contributed by atoms with E-state index in [0.29, 0.717) is 11.4 Å². The van der Waals surface area contributed by atoms with Crippen molar-refractivity contribution in [2.24, 2.45) is 0 Å². The Kier molecular flexibility index (Phi) is 5.96. The highest BCUT2D eigenvalue weighted by Gasteiger charge is 2.18. The Bertz CT molecular complexity index is 1530. The second-order valence-electron chi connectivity index (χ2n) is 8.44. The lowest BCUT2D eigenvalue weighted by Gasteiger charge is -2.14. The summed E-state index contributed by atoms with van der Waals surface area (Å²) in [4.78, 5) is 27.3. The number of imidazole rings is 1. The van der Waals surface area contributed by atoms with Crippen molar-refractivity contribution >= 4 is 39.1 Å². The van der Waals surface area contributed by atoms with Gasteiger partial charge in [0.15, 0.2) is 0 Å². The number of aromatic nitrogens is 3. The molecule has 1 amide bonds. The molecule has 0 aliphatic carbocycles. The summed E-state index contributed by atoms with van der Waals surface area (Å²) in [6.45, 7) is 4.27. The number of nitrogens with zero attached hydrogens (tertiary/aromatic N) is 3. The molecule has 35 heavy (non-hydrogen) atoms. The fraction of sp³-hybridized carbons (Fsp3) is 0.148. The molecule has 5 rings (SSSR count). The number of nitrogens with one attached hydrogen (secondary N) is 1. The van der Waals surface area contributed by atoms with E-state index in [1.807, 2.05) is 35.0 Å². The minimum Gasteiger partial charge on any atom is -0.477 e. The zero-order chi connectivity index (χ0) is 24.5. The molecule has 8 heteroatoms. The zero-order valence-corrected chi connectivity index (χ0v) is 20.2. The number of thiophene rings is 1. The second kappa shape index (κ2) is 9.23.